The lowest BCUT2D eigenvalue weighted by Crippen LogP contribution is -2.50. The molecule has 1 saturated heterocycles. The first-order chi connectivity index (χ1) is 20.4. The van der Waals surface area contributed by atoms with E-state index in [4.69, 9.17) is 10.5 Å². The summed E-state index contributed by atoms with van der Waals surface area (Å²) in [6, 6.07) is 26.2. The smallest absolute Gasteiger partial charge is 0.254 e. The van der Waals surface area contributed by atoms with Gasteiger partial charge in [0.25, 0.3) is 5.91 Å². The second kappa shape index (κ2) is 14.0. The summed E-state index contributed by atoms with van der Waals surface area (Å²) in [6.07, 6.45) is 5.07. The van der Waals surface area contributed by atoms with E-state index in [0.29, 0.717) is 24.3 Å². The molecule has 0 aromatic heterocycles. The number of methoxy groups -OCH3 is 1. The number of likely N-dealkylation sites (tertiary alicyclic amines) is 1. The predicted octanol–water partition coefficient (Wildman–Crippen LogP) is 4.72. The Kier molecular flexibility index (Phi) is 9.93. The maximum Gasteiger partial charge on any atom is 0.254 e. The van der Waals surface area contributed by atoms with Gasteiger partial charge < -0.3 is 20.7 Å². The molecule has 2 fully saturated rings. The van der Waals surface area contributed by atoms with Gasteiger partial charge in [0.2, 0.25) is 5.91 Å². The van der Waals surface area contributed by atoms with E-state index in [1.54, 1.807) is 24.1 Å². The number of rotatable bonds is 10. The Morgan fingerprint density at radius 2 is 1.69 bits per heavy atom. The van der Waals surface area contributed by atoms with Gasteiger partial charge in [-0.05, 0) is 74.8 Å². The second-order valence-corrected chi connectivity index (χ2v) is 11.9. The first-order valence-electron chi connectivity index (χ1n) is 15.2. The number of ether oxygens (including phenoxy) is 1. The van der Waals surface area contributed by atoms with Crippen LogP contribution in [0.15, 0.2) is 78.9 Å². The van der Waals surface area contributed by atoms with Crippen LogP contribution in [0.5, 0.6) is 5.75 Å². The maximum absolute atomic E-state index is 14.0. The van der Waals surface area contributed by atoms with Crippen molar-refractivity contribution in [3.63, 3.8) is 0 Å². The van der Waals surface area contributed by atoms with Crippen LogP contribution in [-0.4, -0.2) is 66.0 Å². The number of carbonyl (C=O) groups excluding carboxylic acids is 2. The Bertz CT molecular complexity index is 1320. The highest BCUT2D eigenvalue weighted by atomic mass is 16.5. The number of amides is 2. The van der Waals surface area contributed by atoms with Crippen LogP contribution in [0.4, 0.5) is 0 Å². The van der Waals surface area contributed by atoms with Gasteiger partial charge in [-0.3, -0.25) is 14.5 Å². The van der Waals surface area contributed by atoms with Gasteiger partial charge in [0, 0.05) is 43.3 Å². The maximum atomic E-state index is 14.0. The Labute approximate surface area is 250 Å². The van der Waals surface area contributed by atoms with E-state index >= 15 is 0 Å². The number of nitrogens with two attached hydrogens (primary N) is 1. The molecule has 1 aliphatic heterocycles. The molecule has 7 heteroatoms. The molecule has 0 spiro atoms. The summed E-state index contributed by atoms with van der Waals surface area (Å²) in [6.45, 7) is 4.18. The zero-order valence-corrected chi connectivity index (χ0v) is 24.9. The average molecular weight is 569 g/mol. The van der Waals surface area contributed by atoms with Crippen molar-refractivity contribution in [2.24, 2.45) is 5.73 Å². The van der Waals surface area contributed by atoms with Crippen molar-refractivity contribution in [2.75, 3.05) is 20.2 Å². The number of nitrogens with one attached hydrogen (secondary N) is 1. The molecule has 1 saturated carbocycles. The fourth-order valence-corrected chi connectivity index (χ4v) is 6.27. The van der Waals surface area contributed by atoms with Crippen LogP contribution >= 0.6 is 0 Å². The molecule has 0 radical (unpaired) electrons. The minimum Gasteiger partial charge on any atom is -0.497 e. The normalized spacial score (nSPS) is 22.2. The van der Waals surface area contributed by atoms with Crippen molar-refractivity contribution in [3.8, 4) is 5.75 Å². The number of aryl methyl sites for hydroxylation is 1. The molecular formula is C35H44N4O3. The minimum absolute atomic E-state index is 0.0418. The highest BCUT2D eigenvalue weighted by molar-refractivity contribution is 5.98. The van der Waals surface area contributed by atoms with Crippen LogP contribution in [0.2, 0.25) is 0 Å². The summed E-state index contributed by atoms with van der Waals surface area (Å²) in [5.41, 5.74) is 10.4. The average Bonchev–Trinajstić information content (AvgIpc) is 3.47. The van der Waals surface area contributed by atoms with Gasteiger partial charge in [-0.15, -0.1) is 0 Å². The lowest BCUT2D eigenvalue weighted by atomic mass is 9.91. The van der Waals surface area contributed by atoms with Gasteiger partial charge in [-0.2, -0.15) is 0 Å². The third-order valence-electron chi connectivity index (χ3n) is 8.83. The number of benzene rings is 3. The summed E-state index contributed by atoms with van der Waals surface area (Å²) >= 11 is 0. The van der Waals surface area contributed by atoms with Crippen LogP contribution in [0, 0.1) is 6.92 Å². The molecule has 1 aliphatic carbocycles. The van der Waals surface area contributed by atoms with Crippen molar-refractivity contribution < 1.29 is 14.3 Å². The zero-order chi connectivity index (χ0) is 29.5. The Morgan fingerprint density at radius 3 is 2.40 bits per heavy atom. The van der Waals surface area contributed by atoms with E-state index in [1.807, 2.05) is 18.2 Å². The van der Waals surface area contributed by atoms with E-state index in [2.05, 4.69) is 65.7 Å². The monoisotopic (exact) mass is 568 g/mol. The van der Waals surface area contributed by atoms with Crippen molar-refractivity contribution in [3.05, 3.63) is 101 Å². The Morgan fingerprint density at radius 1 is 0.952 bits per heavy atom. The van der Waals surface area contributed by atoms with Crippen molar-refractivity contribution >= 4 is 11.8 Å². The lowest BCUT2D eigenvalue weighted by molar-refractivity contribution is -0.125. The van der Waals surface area contributed by atoms with Crippen LogP contribution in [0.1, 0.15) is 59.2 Å². The summed E-state index contributed by atoms with van der Waals surface area (Å²) in [4.78, 5) is 32.0. The molecule has 5 rings (SSSR count). The molecule has 0 bridgehead atoms. The topological polar surface area (TPSA) is 87.9 Å². The van der Waals surface area contributed by atoms with Gasteiger partial charge >= 0.3 is 0 Å². The summed E-state index contributed by atoms with van der Waals surface area (Å²) in [7, 11) is 1.59. The molecule has 2 aliphatic rings. The quantitative estimate of drug-likeness (QED) is 0.370. The van der Waals surface area contributed by atoms with Crippen LogP contribution < -0.4 is 15.8 Å². The van der Waals surface area contributed by atoms with Gasteiger partial charge in [0.05, 0.1) is 7.11 Å². The lowest BCUT2D eigenvalue weighted by Gasteiger charge is -2.30. The largest absolute Gasteiger partial charge is 0.497 e. The molecule has 3 N–H and O–H groups in total. The van der Waals surface area contributed by atoms with Crippen LogP contribution in [0.3, 0.4) is 0 Å². The number of nitrogens with zero attached hydrogens (tertiary/aromatic N) is 2. The van der Waals surface area contributed by atoms with Gasteiger partial charge in [0.1, 0.15) is 11.8 Å². The molecule has 7 nitrogen and oxygen atoms in total. The fraction of sp³-hybridized carbons (Fsp3) is 0.429. The highest BCUT2D eigenvalue weighted by Crippen LogP contribution is 2.28. The molecule has 2 atom stereocenters. The molecule has 3 aromatic rings. The second-order valence-electron chi connectivity index (χ2n) is 11.9. The first kappa shape index (κ1) is 29.8. The molecule has 2 amide bonds. The number of hydrogen-bond acceptors (Lipinski definition) is 5. The van der Waals surface area contributed by atoms with Gasteiger partial charge in [-0.1, -0.05) is 66.2 Å². The standard InChI is InChI=1S/C35H44N4O3/c1-25-11-13-27(14-12-25)23-38(20-19-26-7-4-3-5-8-26)31-22-33(34(40)37-30-17-15-29(36)16-18-30)39(24-31)35(41)28-9-6-10-32(21-28)42-2/h3-14,21,29-31,33H,15-20,22-24,36H2,1-2H3,(H,37,40). The Hall–Kier alpha value is -3.68. The molecule has 3 aromatic carbocycles. The highest BCUT2D eigenvalue weighted by Gasteiger charge is 2.42. The Balaban J connectivity index is 1.39. The van der Waals surface area contributed by atoms with E-state index in [9.17, 15) is 9.59 Å². The molecule has 1 heterocycles. The van der Waals surface area contributed by atoms with Crippen molar-refractivity contribution in [1.29, 1.82) is 0 Å². The summed E-state index contributed by atoms with van der Waals surface area (Å²) in [5.74, 6) is 0.424. The third kappa shape index (κ3) is 7.58. The van der Waals surface area contributed by atoms with Crippen LogP contribution in [0.25, 0.3) is 0 Å². The van der Waals surface area contributed by atoms with Gasteiger partial charge in [-0.25, -0.2) is 0 Å². The number of carbonyl (C=O) groups is 2. The molecule has 42 heavy (non-hydrogen) atoms. The van der Waals surface area contributed by atoms with E-state index < -0.39 is 6.04 Å². The minimum atomic E-state index is -0.540. The third-order valence-corrected chi connectivity index (χ3v) is 8.83. The SMILES string of the molecule is COc1cccc(C(=O)N2CC(N(CCc3ccccc3)Cc3ccc(C)cc3)CC2C(=O)NC2CCC(N)CC2)c1. The van der Waals surface area contributed by atoms with Crippen LogP contribution in [-0.2, 0) is 17.8 Å². The molecular weight excluding hydrogens is 524 g/mol. The molecule has 2 unspecified atom stereocenters. The summed E-state index contributed by atoms with van der Waals surface area (Å²) < 4.78 is 5.39. The molecule has 222 valence electrons. The predicted molar refractivity (Wildman–Crippen MR) is 166 cm³/mol. The van der Waals surface area contributed by atoms with E-state index in [0.717, 1.165) is 45.2 Å². The zero-order valence-electron chi connectivity index (χ0n) is 24.9. The van der Waals surface area contributed by atoms with Crippen molar-refractivity contribution in [1.82, 2.24) is 15.1 Å². The van der Waals surface area contributed by atoms with Crippen molar-refractivity contribution in [2.45, 2.75) is 76.2 Å². The van der Waals surface area contributed by atoms with E-state index in [-0.39, 0.29) is 29.9 Å². The fourth-order valence-electron chi connectivity index (χ4n) is 6.27. The summed E-state index contributed by atoms with van der Waals surface area (Å²) in [5, 5.41) is 3.28. The first-order valence-corrected chi connectivity index (χ1v) is 15.2. The van der Waals surface area contributed by atoms with E-state index in [1.165, 1.54) is 16.7 Å². The number of hydrogen-bond donors (Lipinski definition) is 2. The van der Waals surface area contributed by atoms with Gasteiger partial charge in [0.15, 0.2) is 0 Å².